The van der Waals surface area contributed by atoms with E-state index < -0.39 is 23.1 Å². The Morgan fingerprint density at radius 2 is 2.14 bits per heavy atom. The van der Waals surface area contributed by atoms with Gasteiger partial charge in [-0.05, 0) is 12.1 Å². The van der Waals surface area contributed by atoms with Gasteiger partial charge in [0.05, 0.1) is 24.6 Å². The Morgan fingerprint density at radius 1 is 1.41 bits per heavy atom. The van der Waals surface area contributed by atoms with Crippen molar-refractivity contribution in [1.82, 2.24) is 5.32 Å². The lowest BCUT2D eigenvalue weighted by Gasteiger charge is -2.11. The summed E-state index contributed by atoms with van der Waals surface area (Å²) in [6, 6.07) is 1.63. The van der Waals surface area contributed by atoms with E-state index in [2.05, 4.69) is 15.5 Å². The number of hydrogen-bond donors (Lipinski definition) is 1. The highest BCUT2D eigenvalue weighted by Gasteiger charge is 2.35. The molecule has 0 aliphatic carbocycles. The fourth-order valence-corrected chi connectivity index (χ4v) is 2.19. The second-order valence-electron chi connectivity index (χ2n) is 4.06. The lowest BCUT2D eigenvalue weighted by atomic mass is 10.1. The van der Waals surface area contributed by atoms with Gasteiger partial charge in [-0.25, -0.2) is 4.39 Å². The number of nitrogens with zero attached hydrogens (tertiary/aromatic N) is 2. The molecule has 1 heterocycles. The van der Waals surface area contributed by atoms with Gasteiger partial charge in [0.2, 0.25) is 5.91 Å². The molecular weight excluding hydrogens is 326 g/mol. The van der Waals surface area contributed by atoms with Crippen LogP contribution in [0.5, 0.6) is 5.75 Å². The Labute approximate surface area is 126 Å². The van der Waals surface area contributed by atoms with Crippen molar-refractivity contribution < 1.29 is 27.1 Å². The quantitative estimate of drug-likeness (QED) is 0.524. The highest BCUT2D eigenvalue weighted by Crippen LogP contribution is 2.35. The smallest absolute Gasteiger partial charge is 0.419 e. The monoisotopic (exact) mass is 335 g/mol. The third-order valence-corrected chi connectivity index (χ3v) is 3.41. The molecule has 5 nitrogen and oxygen atoms in total. The molecule has 118 valence electrons. The number of nitrogens with one attached hydrogen (secondary N) is 1. The topological polar surface area (TPSA) is 63.1 Å². The van der Waals surface area contributed by atoms with E-state index >= 15 is 0 Å². The van der Waals surface area contributed by atoms with Crippen molar-refractivity contribution in [3.8, 4) is 5.75 Å². The Balaban J connectivity index is 2.32. The van der Waals surface area contributed by atoms with Crippen LogP contribution in [0.2, 0.25) is 0 Å². The number of thioether (sulfide) groups is 1. The molecule has 1 fully saturated rings. The molecular formula is C12H9F4N3O2S. The highest BCUT2D eigenvalue weighted by molar-refractivity contribution is 8.15. The van der Waals surface area contributed by atoms with Gasteiger partial charge in [0.25, 0.3) is 0 Å². The average molecular weight is 335 g/mol. The van der Waals surface area contributed by atoms with E-state index in [9.17, 15) is 22.4 Å². The Kier molecular flexibility index (Phi) is 4.69. The SMILES string of the molecule is COc1cc(C=NN=C2NC(=O)CS2)c(F)c(C(F)(F)F)c1. The second kappa shape index (κ2) is 6.34. The van der Waals surface area contributed by atoms with Crippen molar-refractivity contribution in [1.29, 1.82) is 0 Å². The maximum Gasteiger partial charge on any atom is 0.419 e. The molecule has 0 unspecified atom stereocenters. The maximum atomic E-state index is 13.9. The largest absolute Gasteiger partial charge is 0.497 e. The number of ether oxygens (including phenoxy) is 1. The van der Waals surface area contributed by atoms with Gasteiger partial charge in [0.15, 0.2) is 5.17 Å². The summed E-state index contributed by atoms with van der Waals surface area (Å²) < 4.78 is 56.8. The van der Waals surface area contributed by atoms with Gasteiger partial charge in [-0.3, -0.25) is 4.79 Å². The predicted octanol–water partition coefficient (Wildman–Crippen LogP) is 2.41. The van der Waals surface area contributed by atoms with Crippen molar-refractivity contribution in [3.05, 3.63) is 29.1 Å². The van der Waals surface area contributed by atoms with E-state index in [0.29, 0.717) is 6.07 Å². The maximum absolute atomic E-state index is 13.9. The number of amidine groups is 1. The molecule has 0 aromatic heterocycles. The molecule has 22 heavy (non-hydrogen) atoms. The summed E-state index contributed by atoms with van der Waals surface area (Å²) in [7, 11) is 1.17. The molecule has 2 rings (SSSR count). The third-order valence-electron chi connectivity index (χ3n) is 2.55. The van der Waals surface area contributed by atoms with Crippen LogP contribution in [0.25, 0.3) is 0 Å². The first-order valence-electron chi connectivity index (χ1n) is 5.79. The average Bonchev–Trinajstić information content (AvgIpc) is 2.85. The molecule has 0 bridgehead atoms. The summed E-state index contributed by atoms with van der Waals surface area (Å²) in [5.74, 6) is -1.71. The van der Waals surface area contributed by atoms with Crippen LogP contribution in [0.15, 0.2) is 22.3 Å². The van der Waals surface area contributed by atoms with Gasteiger partial charge in [-0.2, -0.15) is 18.3 Å². The summed E-state index contributed by atoms with van der Waals surface area (Å²) in [6.07, 6.45) is -4.03. The molecule has 1 aliphatic heterocycles. The zero-order chi connectivity index (χ0) is 16.3. The number of methoxy groups -OCH3 is 1. The minimum absolute atomic E-state index is 0.161. The van der Waals surface area contributed by atoms with Crippen LogP contribution in [-0.4, -0.2) is 30.2 Å². The van der Waals surface area contributed by atoms with Crippen LogP contribution in [-0.2, 0) is 11.0 Å². The summed E-state index contributed by atoms with van der Waals surface area (Å²) in [4.78, 5) is 10.9. The molecule has 0 atom stereocenters. The van der Waals surface area contributed by atoms with E-state index in [1.807, 2.05) is 0 Å². The number of benzene rings is 1. The number of halogens is 4. The van der Waals surface area contributed by atoms with Gasteiger partial charge in [-0.1, -0.05) is 11.8 Å². The molecule has 1 aromatic carbocycles. The molecule has 1 saturated heterocycles. The number of hydrogen-bond acceptors (Lipinski definition) is 5. The van der Waals surface area contributed by atoms with Crippen LogP contribution in [0.1, 0.15) is 11.1 Å². The number of carbonyl (C=O) groups is 1. The number of amides is 1. The van der Waals surface area contributed by atoms with Gasteiger partial charge in [-0.15, -0.1) is 5.10 Å². The normalized spacial score (nSPS) is 17.3. The van der Waals surface area contributed by atoms with Crippen LogP contribution in [0.4, 0.5) is 17.6 Å². The lowest BCUT2D eigenvalue weighted by molar-refractivity contribution is -0.140. The summed E-state index contributed by atoms with van der Waals surface area (Å²) >= 11 is 1.08. The summed E-state index contributed by atoms with van der Waals surface area (Å²) in [6.45, 7) is 0. The van der Waals surface area contributed by atoms with Crippen LogP contribution >= 0.6 is 11.8 Å². The molecule has 10 heteroatoms. The number of alkyl halides is 3. The Morgan fingerprint density at radius 3 is 2.68 bits per heavy atom. The first-order chi connectivity index (χ1) is 10.3. The summed E-state index contributed by atoms with van der Waals surface area (Å²) in [5, 5.41) is 9.64. The molecule has 0 spiro atoms. The lowest BCUT2D eigenvalue weighted by Crippen LogP contribution is -2.19. The van der Waals surface area contributed by atoms with E-state index in [1.54, 1.807) is 0 Å². The molecule has 0 radical (unpaired) electrons. The van der Waals surface area contributed by atoms with Crippen molar-refractivity contribution >= 4 is 29.1 Å². The van der Waals surface area contributed by atoms with Crippen molar-refractivity contribution in [2.24, 2.45) is 10.2 Å². The minimum Gasteiger partial charge on any atom is -0.497 e. The number of carbonyl (C=O) groups excluding carboxylic acids is 1. The van der Waals surface area contributed by atoms with Crippen LogP contribution in [0.3, 0.4) is 0 Å². The fraction of sp³-hybridized carbons (Fsp3) is 0.250. The highest BCUT2D eigenvalue weighted by atomic mass is 32.2. The standard InChI is InChI=1S/C12H9F4N3O2S/c1-21-7-2-6(10(13)8(3-7)12(14,15)16)4-17-19-11-18-9(20)5-22-11/h2-4H,5H2,1H3,(H,18,19,20). The molecule has 1 aliphatic rings. The first kappa shape index (κ1) is 16.3. The van der Waals surface area contributed by atoms with Crippen molar-refractivity contribution in [3.63, 3.8) is 0 Å². The van der Waals surface area contributed by atoms with E-state index in [0.717, 1.165) is 24.0 Å². The van der Waals surface area contributed by atoms with Gasteiger partial charge in [0.1, 0.15) is 11.6 Å². The zero-order valence-electron chi connectivity index (χ0n) is 11.1. The van der Waals surface area contributed by atoms with Gasteiger partial charge >= 0.3 is 6.18 Å². The second-order valence-corrected chi connectivity index (χ2v) is 5.03. The Hall–Kier alpha value is -2.10. The predicted molar refractivity (Wildman–Crippen MR) is 73.6 cm³/mol. The van der Waals surface area contributed by atoms with Gasteiger partial charge < -0.3 is 10.1 Å². The minimum atomic E-state index is -4.86. The van der Waals surface area contributed by atoms with Crippen molar-refractivity contribution in [2.75, 3.05) is 12.9 Å². The Bertz CT molecular complexity index is 659. The van der Waals surface area contributed by atoms with Crippen LogP contribution in [0, 0.1) is 5.82 Å². The van der Waals surface area contributed by atoms with Gasteiger partial charge in [0, 0.05) is 5.56 Å². The first-order valence-corrected chi connectivity index (χ1v) is 6.78. The molecule has 1 amide bonds. The molecule has 1 N–H and O–H groups in total. The molecule has 1 aromatic rings. The van der Waals surface area contributed by atoms with E-state index in [-0.39, 0.29) is 22.6 Å². The summed E-state index contributed by atoms with van der Waals surface area (Å²) in [5.41, 5.74) is -1.88. The third kappa shape index (κ3) is 3.75. The van der Waals surface area contributed by atoms with E-state index in [1.165, 1.54) is 7.11 Å². The zero-order valence-corrected chi connectivity index (χ0v) is 11.9. The number of rotatable bonds is 3. The van der Waals surface area contributed by atoms with Crippen molar-refractivity contribution in [2.45, 2.75) is 6.18 Å². The fourth-order valence-electron chi connectivity index (χ4n) is 1.56. The van der Waals surface area contributed by atoms with E-state index in [4.69, 9.17) is 4.74 Å². The molecule has 0 saturated carbocycles. The van der Waals surface area contributed by atoms with Crippen LogP contribution < -0.4 is 10.1 Å².